The highest BCUT2D eigenvalue weighted by molar-refractivity contribution is 5.92. The summed E-state index contributed by atoms with van der Waals surface area (Å²) in [5, 5.41) is 0. The Labute approximate surface area is 154 Å². The van der Waals surface area contributed by atoms with Gasteiger partial charge < -0.3 is 14.7 Å². The van der Waals surface area contributed by atoms with Crippen molar-refractivity contribution in [1.29, 1.82) is 0 Å². The van der Waals surface area contributed by atoms with Crippen LogP contribution < -0.4 is 0 Å². The molecule has 0 unspecified atom stereocenters. The van der Waals surface area contributed by atoms with E-state index >= 15 is 0 Å². The van der Waals surface area contributed by atoms with Gasteiger partial charge >= 0.3 is 0 Å². The Bertz CT molecular complexity index is 706. The van der Waals surface area contributed by atoms with Gasteiger partial charge in [0.15, 0.2) is 0 Å². The van der Waals surface area contributed by atoms with Crippen LogP contribution in [0.25, 0.3) is 0 Å². The number of nitrogens with zero attached hydrogens (tertiary/aromatic N) is 4. The molecule has 3 heterocycles. The highest BCUT2D eigenvalue weighted by Crippen LogP contribution is 2.35. The maximum absolute atomic E-state index is 12.9. The minimum Gasteiger partial charge on any atom is -0.345 e. The van der Waals surface area contributed by atoms with E-state index in [2.05, 4.69) is 4.98 Å². The molecular formula is C19H26N4O3. The van der Waals surface area contributed by atoms with Gasteiger partial charge in [0, 0.05) is 63.7 Å². The molecule has 1 aromatic rings. The van der Waals surface area contributed by atoms with Crippen molar-refractivity contribution >= 4 is 17.7 Å². The van der Waals surface area contributed by atoms with Crippen LogP contribution in [0.3, 0.4) is 0 Å². The topological polar surface area (TPSA) is 73.8 Å². The van der Waals surface area contributed by atoms with Gasteiger partial charge in [-0.2, -0.15) is 0 Å². The first-order valence-corrected chi connectivity index (χ1v) is 9.04. The first-order valence-electron chi connectivity index (χ1n) is 9.04. The summed E-state index contributed by atoms with van der Waals surface area (Å²) in [5.74, 6) is -0.127. The second kappa shape index (κ2) is 7.05. The Hall–Kier alpha value is -2.44. The van der Waals surface area contributed by atoms with E-state index < -0.39 is 5.41 Å². The quantitative estimate of drug-likeness (QED) is 0.786. The Morgan fingerprint density at radius 3 is 2.38 bits per heavy atom. The second-order valence-electron chi connectivity index (χ2n) is 7.78. The van der Waals surface area contributed by atoms with Gasteiger partial charge in [-0.3, -0.25) is 19.4 Å². The predicted molar refractivity (Wildman–Crippen MR) is 96.2 cm³/mol. The maximum atomic E-state index is 12.9. The highest BCUT2D eigenvalue weighted by atomic mass is 16.2. The van der Waals surface area contributed by atoms with Gasteiger partial charge in [-0.05, 0) is 12.1 Å². The molecule has 1 spiro atoms. The zero-order chi connectivity index (χ0) is 18.9. The lowest BCUT2D eigenvalue weighted by atomic mass is 9.85. The van der Waals surface area contributed by atoms with Gasteiger partial charge in [0.1, 0.15) is 5.69 Å². The summed E-state index contributed by atoms with van der Waals surface area (Å²) in [7, 11) is 1.78. The number of hydrogen-bond donors (Lipinski definition) is 0. The summed E-state index contributed by atoms with van der Waals surface area (Å²) in [6.45, 7) is 6.21. The normalized spacial score (nSPS) is 23.7. The first kappa shape index (κ1) is 18.4. The molecule has 0 N–H and O–H groups in total. The first-order chi connectivity index (χ1) is 12.3. The largest absolute Gasteiger partial charge is 0.345 e. The molecule has 140 valence electrons. The molecule has 1 aromatic heterocycles. The Morgan fingerprint density at radius 1 is 1.12 bits per heavy atom. The SMILES string of the molecule is CC(C)C(=O)N1CCN(C(=O)c2ccccn2)C[C@@]2(CC(=O)N(C)C2)C1. The smallest absolute Gasteiger partial charge is 0.272 e. The molecule has 0 aliphatic carbocycles. The Morgan fingerprint density at radius 2 is 1.81 bits per heavy atom. The van der Waals surface area contributed by atoms with Crippen LogP contribution in [-0.4, -0.2) is 77.2 Å². The molecule has 0 aromatic carbocycles. The van der Waals surface area contributed by atoms with Crippen LogP contribution in [0.4, 0.5) is 0 Å². The molecule has 0 saturated carbocycles. The summed E-state index contributed by atoms with van der Waals surface area (Å²) < 4.78 is 0. The molecule has 0 radical (unpaired) electrons. The number of hydrogen-bond acceptors (Lipinski definition) is 4. The standard InChI is InChI=1S/C19H26N4O3/c1-14(2)17(25)22-8-9-23(18(26)15-6-4-5-7-20-15)13-19(12-22)10-16(24)21(3)11-19/h4-7,14H,8-13H2,1-3H3/t19-/m1/s1. The summed E-state index contributed by atoms with van der Waals surface area (Å²) in [6.07, 6.45) is 1.96. The predicted octanol–water partition coefficient (Wildman–Crippen LogP) is 0.871. The fourth-order valence-electron chi connectivity index (χ4n) is 3.95. The van der Waals surface area contributed by atoms with Gasteiger partial charge in [0.05, 0.1) is 0 Å². The number of rotatable bonds is 2. The molecule has 1 atom stereocenters. The lowest BCUT2D eigenvalue weighted by molar-refractivity contribution is -0.135. The lowest BCUT2D eigenvalue weighted by Crippen LogP contribution is -2.46. The van der Waals surface area contributed by atoms with Crippen molar-refractivity contribution in [2.45, 2.75) is 20.3 Å². The van der Waals surface area contributed by atoms with Gasteiger partial charge in [0.25, 0.3) is 5.91 Å². The second-order valence-corrected chi connectivity index (χ2v) is 7.78. The van der Waals surface area contributed by atoms with E-state index in [9.17, 15) is 14.4 Å². The molecule has 2 aliphatic rings. The van der Waals surface area contributed by atoms with E-state index in [0.29, 0.717) is 44.8 Å². The Kier molecular flexibility index (Phi) is 4.98. The molecule has 2 aliphatic heterocycles. The van der Waals surface area contributed by atoms with Crippen LogP contribution >= 0.6 is 0 Å². The average Bonchev–Trinajstić information content (AvgIpc) is 2.79. The molecule has 0 bridgehead atoms. The minimum absolute atomic E-state index is 0.0640. The van der Waals surface area contributed by atoms with Crippen LogP contribution in [0.15, 0.2) is 24.4 Å². The van der Waals surface area contributed by atoms with Crippen molar-refractivity contribution in [1.82, 2.24) is 19.7 Å². The van der Waals surface area contributed by atoms with E-state index in [-0.39, 0.29) is 23.6 Å². The van der Waals surface area contributed by atoms with Crippen LogP contribution in [-0.2, 0) is 9.59 Å². The van der Waals surface area contributed by atoms with Crippen molar-refractivity contribution in [2.24, 2.45) is 11.3 Å². The molecule has 7 nitrogen and oxygen atoms in total. The molecule has 2 fully saturated rings. The van der Waals surface area contributed by atoms with Crippen LogP contribution in [0, 0.1) is 11.3 Å². The van der Waals surface area contributed by atoms with Gasteiger partial charge in [-0.1, -0.05) is 19.9 Å². The molecule has 7 heteroatoms. The van der Waals surface area contributed by atoms with Crippen molar-refractivity contribution in [3.05, 3.63) is 30.1 Å². The Balaban J connectivity index is 1.88. The third-order valence-corrected chi connectivity index (χ3v) is 5.19. The summed E-state index contributed by atoms with van der Waals surface area (Å²) in [5.41, 5.74) is -0.0268. The fraction of sp³-hybridized carbons (Fsp3) is 0.579. The van der Waals surface area contributed by atoms with Crippen LogP contribution in [0.1, 0.15) is 30.8 Å². The monoisotopic (exact) mass is 358 g/mol. The van der Waals surface area contributed by atoms with E-state index in [4.69, 9.17) is 0 Å². The molecule has 26 heavy (non-hydrogen) atoms. The average molecular weight is 358 g/mol. The third-order valence-electron chi connectivity index (χ3n) is 5.19. The zero-order valence-corrected chi connectivity index (χ0v) is 15.6. The van der Waals surface area contributed by atoms with Gasteiger partial charge in [-0.25, -0.2) is 0 Å². The van der Waals surface area contributed by atoms with Crippen molar-refractivity contribution < 1.29 is 14.4 Å². The van der Waals surface area contributed by atoms with E-state index in [1.54, 1.807) is 41.2 Å². The summed E-state index contributed by atoms with van der Waals surface area (Å²) in [6, 6.07) is 5.26. The number of carbonyl (C=O) groups excluding carboxylic acids is 3. The molecule has 3 amide bonds. The maximum Gasteiger partial charge on any atom is 0.272 e. The molecule has 3 rings (SSSR count). The van der Waals surface area contributed by atoms with Crippen molar-refractivity contribution in [2.75, 3.05) is 39.8 Å². The fourth-order valence-corrected chi connectivity index (χ4v) is 3.95. The van der Waals surface area contributed by atoms with E-state index in [1.165, 1.54) is 0 Å². The minimum atomic E-state index is -0.419. The number of pyridine rings is 1. The number of likely N-dealkylation sites (tertiary alicyclic amines) is 1. The molecule has 2 saturated heterocycles. The van der Waals surface area contributed by atoms with Crippen molar-refractivity contribution in [3.8, 4) is 0 Å². The van der Waals surface area contributed by atoms with Gasteiger partial charge in [0.2, 0.25) is 11.8 Å². The van der Waals surface area contributed by atoms with E-state index in [1.807, 2.05) is 18.7 Å². The summed E-state index contributed by atoms with van der Waals surface area (Å²) in [4.78, 5) is 47.2. The van der Waals surface area contributed by atoms with Crippen LogP contribution in [0.2, 0.25) is 0 Å². The zero-order valence-electron chi connectivity index (χ0n) is 15.6. The molecular weight excluding hydrogens is 332 g/mol. The van der Waals surface area contributed by atoms with Gasteiger partial charge in [-0.15, -0.1) is 0 Å². The highest BCUT2D eigenvalue weighted by Gasteiger charge is 2.47. The number of carbonyl (C=O) groups is 3. The van der Waals surface area contributed by atoms with Crippen molar-refractivity contribution in [3.63, 3.8) is 0 Å². The third kappa shape index (κ3) is 3.57. The van der Waals surface area contributed by atoms with Crippen LogP contribution in [0.5, 0.6) is 0 Å². The number of aromatic nitrogens is 1. The lowest BCUT2D eigenvalue weighted by Gasteiger charge is -2.33. The van der Waals surface area contributed by atoms with E-state index in [0.717, 1.165) is 0 Å². The number of amides is 3. The summed E-state index contributed by atoms with van der Waals surface area (Å²) >= 11 is 0.